The number of nitrogens with two attached hydrogens (primary N) is 1. The first-order valence-electron chi connectivity index (χ1n) is 11.5. The van der Waals surface area contributed by atoms with Gasteiger partial charge in [0.25, 0.3) is 5.91 Å². The minimum absolute atomic E-state index is 0.0479. The lowest BCUT2D eigenvalue weighted by Gasteiger charge is -2.24. The van der Waals surface area contributed by atoms with E-state index in [1.54, 1.807) is 60.7 Å². The number of carbonyl (C=O) groups is 2. The van der Waals surface area contributed by atoms with Gasteiger partial charge in [-0.25, -0.2) is 9.86 Å². The largest absolute Gasteiger partial charge is 0.384 e. The smallest absolute Gasteiger partial charge is 0.354 e. The van der Waals surface area contributed by atoms with Crippen LogP contribution in [0.1, 0.15) is 45.7 Å². The van der Waals surface area contributed by atoms with Gasteiger partial charge in [-0.05, 0) is 34.7 Å². The molecule has 0 aromatic heterocycles. The van der Waals surface area contributed by atoms with Crippen LogP contribution in [0.5, 0.6) is 0 Å². The molecule has 10 heteroatoms. The highest BCUT2D eigenvalue weighted by Gasteiger charge is 2.24. The van der Waals surface area contributed by atoms with E-state index < -0.39 is 22.0 Å². The van der Waals surface area contributed by atoms with Crippen molar-refractivity contribution in [3.8, 4) is 11.1 Å². The number of nitrogen functional groups attached to an aromatic ring is 1. The number of hydrogen-bond donors (Lipinski definition) is 2. The van der Waals surface area contributed by atoms with Crippen LogP contribution in [-0.2, 0) is 25.7 Å². The molecule has 0 heterocycles. The number of nitrogens with zero attached hydrogens (tertiary/aromatic N) is 1. The van der Waals surface area contributed by atoms with Crippen molar-refractivity contribution >= 4 is 27.8 Å². The lowest BCUT2D eigenvalue weighted by atomic mass is 9.97. The van der Waals surface area contributed by atoms with Gasteiger partial charge in [-0.15, -0.1) is 0 Å². The van der Waals surface area contributed by atoms with Crippen molar-refractivity contribution < 1.29 is 27.0 Å². The van der Waals surface area contributed by atoms with E-state index in [0.29, 0.717) is 16.7 Å². The van der Waals surface area contributed by atoms with Crippen LogP contribution in [0.2, 0.25) is 0 Å². The van der Waals surface area contributed by atoms with Crippen LogP contribution in [0.15, 0.2) is 72.8 Å². The molecule has 3 rings (SSSR count). The summed E-state index contributed by atoms with van der Waals surface area (Å²) in [5.74, 6) is -1.56. The summed E-state index contributed by atoms with van der Waals surface area (Å²) in [5, 5.41) is 8.71. The highest BCUT2D eigenvalue weighted by Crippen LogP contribution is 2.27. The molecular weight excluding hydrogens is 494 g/mol. The maximum atomic E-state index is 13.4. The van der Waals surface area contributed by atoms with Crippen LogP contribution in [0.25, 0.3) is 11.1 Å². The van der Waals surface area contributed by atoms with E-state index in [9.17, 15) is 18.0 Å². The number of amidine groups is 1. The minimum atomic E-state index is -4.07. The van der Waals surface area contributed by atoms with E-state index in [2.05, 4.69) is 4.18 Å². The van der Waals surface area contributed by atoms with Crippen molar-refractivity contribution in [2.24, 2.45) is 11.7 Å². The average molecular weight is 524 g/mol. The van der Waals surface area contributed by atoms with Crippen molar-refractivity contribution in [1.82, 2.24) is 5.06 Å². The second-order valence-corrected chi connectivity index (χ2v) is 10.4. The van der Waals surface area contributed by atoms with Crippen LogP contribution in [0, 0.1) is 11.3 Å². The Bertz CT molecular complexity index is 1390. The Labute approximate surface area is 216 Å². The normalized spacial score (nSPS) is 11.2. The van der Waals surface area contributed by atoms with E-state index in [1.807, 2.05) is 19.9 Å². The molecule has 0 bridgehead atoms. The number of carbonyl (C=O) groups excluding carboxylic acids is 2. The van der Waals surface area contributed by atoms with Crippen LogP contribution < -0.4 is 5.73 Å². The number of benzene rings is 3. The first-order chi connectivity index (χ1) is 17.4. The molecule has 9 nitrogen and oxygen atoms in total. The maximum Gasteiger partial charge on any atom is 0.354 e. The summed E-state index contributed by atoms with van der Waals surface area (Å²) < 4.78 is 27.9. The fraction of sp³-hybridized carbons (Fsp3) is 0.222. The Kier molecular flexibility index (Phi) is 8.80. The number of nitrogens with one attached hydrogen (secondary N) is 1. The summed E-state index contributed by atoms with van der Waals surface area (Å²) in [6.45, 7) is 4.22. The Morgan fingerprint density at radius 1 is 0.973 bits per heavy atom. The lowest BCUT2D eigenvalue weighted by Crippen LogP contribution is -2.34. The second-order valence-electron chi connectivity index (χ2n) is 8.85. The topological polar surface area (TPSA) is 140 Å². The highest BCUT2D eigenvalue weighted by atomic mass is 32.2. The number of amides is 1. The van der Waals surface area contributed by atoms with Gasteiger partial charge in [-0.2, -0.15) is 8.42 Å². The zero-order valence-electron chi connectivity index (χ0n) is 20.8. The van der Waals surface area contributed by atoms with E-state index in [0.717, 1.165) is 11.8 Å². The zero-order valence-corrected chi connectivity index (χ0v) is 21.6. The highest BCUT2D eigenvalue weighted by molar-refractivity contribution is 7.86. The predicted molar refractivity (Wildman–Crippen MR) is 140 cm³/mol. The summed E-state index contributed by atoms with van der Waals surface area (Å²) >= 11 is 0. The van der Waals surface area contributed by atoms with Gasteiger partial charge < -0.3 is 9.92 Å². The third-order valence-electron chi connectivity index (χ3n) is 5.21. The molecule has 0 aliphatic rings. The van der Waals surface area contributed by atoms with Crippen molar-refractivity contribution in [1.29, 1.82) is 5.41 Å². The average Bonchev–Trinajstić information content (AvgIpc) is 2.85. The summed E-state index contributed by atoms with van der Waals surface area (Å²) in [5.41, 5.74) is 7.99. The van der Waals surface area contributed by atoms with Gasteiger partial charge in [-0.3, -0.25) is 15.0 Å². The molecule has 37 heavy (non-hydrogen) atoms. The second kappa shape index (κ2) is 11.8. The fourth-order valence-electron chi connectivity index (χ4n) is 3.50. The molecule has 0 fully saturated rings. The van der Waals surface area contributed by atoms with Gasteiger partial charge in [0.15, 0.2) is 0 Å². The number of rotatable bonds is 10. The Balaban J connectivity index is 1.92. The Morgan fingerprint density at radius 2 is 1.59 bits per heavy atom. The van der Waals surface area contributed by atoms with Gasteiger partial charge in [-0.1, -0.05) is 74.5 Å². The molecule has 0 unspecified atom stereocenters. The third-order valence-corrected chi connectivity index (χ3v) is 5.66. The number of hydrogen-bond acceptors (Lipinski definition) is 7. The summed E-state index contributed by atoms with van der Waals surface area (Å²) in [6.07, 6.45) is 0.781. The molecule has 0 aliphatic heterocycles. The van der Waals surface area contributed by atoms with E-state index in [1.165, 1.54) is 11.1 Å². The predicted octanol–water partition coefficient (Wildman–Crippen LogP) is 3.98. The molecule has 0 radical (unpaired) electrons. The monoisotopic (exact) mass is 523 g/mol. The van der Waals surface area contributed by atoms with Crippen molar-refractivity contribution in [2.45, 2.75) is 20.5 Å². The molecule has 0 spiro atoms. The summed E-state index contributed by atoms with van der Waals surface area (Å²) in [7, 11) is -4.07. The first-order valence-corrected chi connectivity index (χ1v) is 13.3. The van der Waals surface area contributed by atoms with E-state index in [-0.39, 0.29) is 36.0 Å². The lowest BCUT2D eigenvalue weighted by molar-refractivity contribution is -0.138. The van der Waals surface area contributed by atoms with Crippen LogP contribution in [-0.4, -0.2) is 44.0 Å². The van der Waals surface area contributed by atoms with Gasteiger partial charge in [0, 0.05) is 11.1 Å². The molecule has 0 atom stereocenters. The molecule has 3 N–H and O–H groups in total. The van der Waals surface area contributed by atoms with Crippen LogP contribution in [0.3, 0.4) is 0 Å². The number of hydroxylamine groups is 2. The molecule has 3 aromatic rings. The molecule has 3 aromatic carbocycles. The molecule has 0 saturated carbocycles. The van der Waals surface area contributed by atoms with Gasteiger partial charge in [0.2, 0.25) is 0 Å². The summed E-state index contributed by atoms with van der Waals surface area (Å²) in [4.78, 5) is 32.1. The van der Waals surface area contributed by atoms with Crippen molar-refractivity contribution in [2.75, 3.05) is 12.8 Å². The van der Waals surface area contributed by atoms with Gasteiger partial charge in [0.1, 0.15) is 12.4 Å². The molecule has 0 aliphatic carbocycles. The Hall–Kier alpha value is -4.02. The van der Waals surface area contributed by atoms with E-state index in [4.69, 9.17) is 16.0 Å². The molecule has 194 valence electrons. The van der Waals surface area contributed by atoms with Crippen molar-refractivity contribution in [3.05, 3.63) is 95.1 Å². The molecule has 1 amide bonds. The quantitative estimate of drug-likeness (QED) is 0.177. The fourth-order valence-corrected chi connectivity index (χ4v) is 3.87. The Morgan fingerprint density at radius 3 is 2.16 bits per heavy atom. The van der Waals surface area contributed by atoms with Crippen LogP contribution >= 0.6 is 0 Å². The van der Waals surface area contributed by atoms with Gasteiger partial charge in [0.05, 0.1) is 18.4 Å². The maximum absolute atomic E-state index is 13.4. The van der Waals surface area contributed by atoms with Crippen molar-refractivity contribution in [3.63, 3.8) is 0 Å². The minimum Gasteiger partial charge on any atom is -0.384 e. The zero-order chi connectivity index (χ0) is 27.2. The van der Waals surface area contributed by atoms with Gasteiger partial charge >= 0.3 is 16.1 Å². The standard InChI is InChI=1S/C27H29N3O6S/c1-18(2)16-30(35-17-19-9-11-21(12-10-19)25(28)29)26(31)22-13-14-23(20-7-5-4-6-8-20)24(15-22)27(32)36-37(3,33)34/h4-15,18H,16-17H2,1-3H3,(H3,28,29). The molecule has 0 saturated heterocycles. The van der Waals surface area contributed by atoms with Crippen LogP contribution in [0.4, 0.5) is 0 Å². The summed E-state index contributed by atoms with van der Waals surface area (Å²) in [6, 6.07) is 20.2. The SMILES string of the molecule is CC(C)CN(OCc1ccc(C(=N)N)cc1)C(=O)c1ccc(-c2ccccc2)c(C(=O)OS(C)(=O)=O)c1. The first kappa shape index (κ1) is 27.6. The van der Waals surface area contributed by atoms with E-state index >= 15 is 0 Å². The molecular formula is C27H29N3O6S. The third kappa shape index (κ3) is 7.73.